The van der Waals surface area contributed by atoms with E-state index < -0.39 is 0 Å². The van der Waals surface area contributed by atoms with E-state index in [1.165, 1.54) is 0 Å². The van der Waals surface area contributed by atoms with E-state index in [4.69, 9.17) is 0 Å². The van der Waals surface area contributed by atoms with Crippen molar-refractivity contribution in [1.29, 1.82) is 0 Å². The number of hydrogen-bond donors (Lipinski definition) is 1. The van der Waals surface area contributed by atoms with Gasteiger partial charge in [0.2, 0.25) is 5.91 Å². The highest BCUT2D eigenvalue weighted by Gasteiger charge is 2.02. The van der Waals surface area contributed by atoms with E-state index in [1.54, 1.807) is 0 Å². The van der Waals surface area contributed by atoms with Crippen molar-refractivity contribution in [2.45, 2.75) is 26.3 Å². The quantitative estimate of drug-likeness (QED) is 0.644. The Labute approximate surface area is 68.8 Å². The number of rotatable bonds is 4. The minimum absolute atomic E-state index is 0.133. The van der Waals surface area contributed by atoms with Gasteiger partial charge >= 0.3 is 0 Å². The molecule has 0 aliphatic carbocycles. The Bertz CT molecular complexity index is 121. The van der Waals surface area contributed by atoms with E-state index >= 15 is 0 Å². The van der Waals surface area contributed by atoms with Gasteiger partial charge in [0.25, 0.3) is 0 Å². The van der Waals surface area contributed by atoms with Crippen LogP contribution in [0.25, 0.3) is 0 Å². The van der Waals surface area contributed by atoms with Crippen LogP contribution in [0, 0.1) is 0 Å². The molecule has 3 nitrogen and oxygen atoms in total. The van der Waals surface area contributed by atoms with Crippen molar-refractivity contribution in [3.63, 3.8) is 0 Å². The Morgan fingerprint density at radius 3 is 2.36 bits per heavy atom. The summed E-state index contributed by atoms with van der Waals surface area (Å²) in [5.74, 6) is 0.133. The second-order valence-electron chi connectivity index (χ2n) is 3.28. The molecule has 0 aromatic carbocycles. The van der Waals surface area contributed by atoms with Gasteiger partial charge in [0.15, 0.2) is 0 Å². The Hall–Kier alpha value is -0.570. The average molecular weight is 158 g/mol. The van der Waals surface area contributed by atoms with Crippen molar-refractivity contribution in [2.24, 2.45) is 0 Å². The topological polar surface area (TPSA) is 32.3 Å². The molecule has 3 heteroatoms. The summed E-state index contributed by atoms with van der Waals surface area (Å²) in [6, 6.07) is 0.254. The summed E-state index contributed by atoms with van der Waals surface area (Å²) in [4.78, 5) is 13.0. The number of nitrogens with zero attached hydrogens (tertiary/aromatic N) is 1. The van der Waals surface area contributed by atoms with Crippen LogP contribution in [0.1, 0.15) is 20.3 Å². The standard InChI is InChI=1S/C8H18N2O/c1-7(2)9-8(11)5-6-10(3)4/h7H,5-6H2,1-4H3,(H,9,11). The van der Waals surface area contributed by atoms with E-state index in [0.29, 0.717) is 6.42 Å². The maximum atomic E-state index is 11.0. The van der Waals surface area contributed by atoms with Gasteiger partial charge in [-0.15, -0.1) is 0 Å². The molecule has 0 rings (SSSR count). The molecule has 11 heavy (non-hydrogen) atoms. The van der Waals surface area contributed by atoms with E-state index in [-0.39, 0.29) is 11.9 Å². The summed E-state index contributed by atoms with van der Waals surface area (Å²) in [6.45, 7) is 4.75. The Morgan fingerprint density at radius 2 is 2.00 bits per heavy atom. The first-order valence-electron chi connectivity index (χ1n) is 3.96. The number of amides is 1. The lowest BCUT2D eigenvalue weighted by Crippen LogP contribution is -2.32. The zero-order valence-electron chi connectivity index (χ0n) is 7.85. The Kier molecular flexibility index (Phi) is 4.86. The van der Waals surface area contributed by atoms with Crippen molar-refractivity contribution in [2.75, 3.05) is 20.6 Å². The van der Waals surface area contributed by atoms with E-state index in [1.807, 2.05) is 32.8 Å². The largest absolute Gasteiger partial charge is 0.354 e. The summed E-state index contributed by atoms with van der Waals surface area (Å²) in [6.07, 6.45) is 0.588. The highest BCUT2D eigenvalue weighted by Crippen LogP contribution is 1.85. The molecule has 0 bridgehead atoms. The van der Waals surface area contributed by atoms with Crippen LogP contribution in [0.3, 0.4) is 0 Å². The average Bonchev–Trinajstić information content (AvgIpc) is 1.82. The third-order valence-corrected chi connectivity index (χ3v) is 1.24. The van der Waals surface area contributed by atoms with Gasteiger partial charge in [0, 0.05) is 19.0 Å². The van der Waals surface area contributed by atoms with Crippen LogP contribution in [-0.2, 0) is 4.79 Å². The smallest absolute Gasteiger partial charge is 0.221 e. The fourth-order valence-corrected chi connectivity index (χ4v) is 0.719. The highest BCUT2D eigenvalue weighted by atomic mass is 16.1. The van der Waals surface area contributed by atoms with Crippen molar-refractivity contribution in [3.8, 4) is 0 Å². The number of carbonyl (C=O) groups is 1. The Balaban J connectivity index is 3.38. The summed E-state index contributed by atoms with van der Waals surface area (Å²) in [7, 11) is 3.92. The molecular formula is C8H18N2O. The molecule has 0 radical (unpaired) electrons. The molecular weight excluding hydrogens is 140 g/mol. The van der Waals surface area contributed by atoms with Crippen molar-refractivity contribution >= 4 is 5.91 Å². The SMILES string of the molecule is CC(C)NC(=O)CCN(C)C. The van der Waals surface area contributed by atoms with E-state index in [2.05, 4.69) is 5.32 Å². The molecule has 0 saturated carbocycles. The first-order chi connectivity index (χ1) is 5.02. The van der Waals surface area contributed by atoms with Crippen LogP contribution < -0.4 is 5.32 Å². The Morgan fingerprint density at radius 1 is 1.45 bits per heavy atom. The molecule has 0 spiro atoms. The predicted molar refractivity (Wildman–Crippen MR) is 46.4 cm³/mol. The molecule has 0 heterocycles. The predicted octanol–water partition coefficient (Wildman–Crippen LogP) is 0.463. The molecule has 0 atom stereocenters. The number of nitrogens with one attached hydrogen (secondary N) is 1. The summed E-state index contributed by atoms with van der Waals surface area (Å²) in [5, 5.41) is 2.83. The molecule has 0 unspecified atom stereocenters. The summed E-state index contributed by atoms with van der Waals surface area (Å²) >= 11 is 0. The molecule has 1 amide bonds. The van der Waals surface area contributed by atoms with E-state index in [0.717, 1.165) is 6.54 Å². The van der Waals surface area contributed by atoms with Crippen molar-refractivity contribution < 1.29 is 4.79 Å². The van der Waals surface area contributed by atoms with Crippen LogP contribution in [0.5, 0.6) is 0 Å². The summed E-state index contributed by atoms with van der Waals surface area (Å²) < 4.78 is 0. The maximum Gasteiger partial charge on any atom is 0.221 e. The first kappa shape index (κ1) is 10.4. The highest BCUT2D eigenvalue weighted by molar-refractivity contribution is 5.76. The molecule has 66 valence electrons. The van der Waals surface area contributed by atoms with Gasteiger partial charge in [-0.05, 0) is 27.9 Å². The van der Waals surface area contributed by atoms with Gasteiger partial charge < -0.3 is 10.2 Å². The van der Waals surface area contributed by atoms with Crippen LogP contribution in [0.15, 0.2) is 0 Å². The normalized spacial score (nSPS) is 10.7. The van der Waals surface area contributed by atoms with Crippen molar-refractivity contribution in [1.82, 2.24) is 10.2 Å². The lowest BCUT2D eigenvalue weighted by molar-refractivity contribution is -0.121. The molecule has 0 aliphatic heterocycles. The molecule has 0 fully saturated rings. The fraction of sp³-hybridized carbons (Fsp3) is 0.875. The lowest BCUT2D eigenvalue weighted by atomic mass is 10.3. The zero-order chi connectivity index (χ0) is 8.85. The maximum absolute atomic E-state index is 11.0. The molecule has 1 N–H and O–H groups in total. The third kappa shape index (κ3) is 7.33. The molecule has 0 aromatic rings. The minimum Gasteiger partial charge on any atom is -0.354 e. The van der Waals surface area contributed by atoms with E-state index in [9.17, 15) is 4.79 Å². The van der Waals surface area contributed by atoms with Crippen LogP contribution in [0.4, 0.5) is 0 Å². The minimum atomic E-state index is 0.133. The number of hydrogen-bond acceptors (Lipinski definition) is 2. The molecule has 0 aliphatic rings. The first-order valence-corrected chi connectivity index (χ1v) is 3.96. The van der Waals surface area contributed by atoms with Gasteiger partial charge in [0.05, 0.1) is 0 Å². The van der Waals surface area contributed by atoms with Gasteiger partial charge in [-0.1, -0.05) is 0 Å². The second-order valence-corrected chi connectivity index (χ2v) is 3.28. The van der Waals surface area contributed by atoms with Gasteiger partial charge in [-0.2, -0.15) is 0 Å². The second kappa shape index (κ2) is 5.13. The summed E-state index contributed by atoms with van der Waals surface area (Å²) in [5.41, 5.74) is 0. The third-order valence-electron chi connectivity index (χ3n) is 1.24. The van der Waals surface area contributed by atoms with Gasteiger partial charge in [-0.25, -0.2) is 0 Å². The fourth-order valence-electron chi connectivity index (χ4n) is 0.719. The zero-order valence-corrected chi connectivity index (χ0v) is 7.85. The lowest BCUT2D eigenvalue weighted by Gasteiger charge is -2.11. The van der Waals surface area contributed by atoms with Crippen molar-refractivity contribution in [3.05, 3.63) is 0 Å². The number of carbonyl (C=O) groups excluding carboxylic acids is 1. The van der Waals surface area contributed by atoms with Crippen LogP contribution in [0.2, 0.25) is 0 Å². The monoisotopic (exact) mass is 158 g/mol. The van der Waals surface area contributed by atoms with Gasteiger partial charge in [0.1, 0.15) is 0 Å². The van der Waals surface area contributed by atoms with Gasteiger partial charge in [-0.3, -0.25) is 4.79 Å². The van der Waals surface area contributed by atoms with Crippen LogP contribution in [-0.4, -0.2) is 37.5 Å². The molecule has 0 saturated heterocycles. The van der Waals surface area contributed by atoms with Crippen LogP contribution >= 0.6 is 0 Å². The molecule has 0 aromatic heterocycles.